The second-order valence-electron chi connectivity index (χ2n) is 5.58. The number of fused-ring (bicyclic) bond motifs is 1. The van der Waals surface area contributed by atoms with Gasteiger partial charge in [-0.3, -0.25) is 10.1 Å². The SMILES string of the molecule is CCc1nc(Sc2nc(-c3cccnc3)nc3sc(C)c(C)c23)n[nH]1. The minimum absolute atomic E-state index is 0.676. The molecule has 4 rings (SSSR count). The molecule has 0 aromatic carbocycles. The Hall–Kier alpha value is -2.32. The van der Waals surface area contributed by atoms with Crippen LogP contribution >= 0.6 is 23.1 Å². The number of nitrogens with one attached hydrogen (secondary N) is 1. The number of aryl methyl sites for hydroxylation is 3. The van der Waals surface area contributed by atoms with Gasteiger partial charge in [0.05, 0.1) is 0 Å². The highest BCUT2D eigenvalue weighted by molar-refractivity contribution is 7.99. The van der Waals surface area contributed by atoms with Gasteiger partial charge in [0.15, 0.2) is 5.82 Å². The van der Waals surface area contributed by atoms with Gasteiger partial charge < -0.3 is 0 Å². The zero-order valence-corrected chi connectivity index (χ0v) is 15.7. The van der Waals surface area contributed by atoms with E-state index in [1.165, 1.54) is 22.2 Å². The highest BCUT2D eigenvalue weighted by Gasteiger charge is 2.18. The molecule has 126 valence electrons. The number of aromatic nitrogens is 6. The lowest BCUT2D eigenvalue weighted by Crippen LogP contribution is -1.93. The third-order valence-electron chi connectivity index (χ3n) is 3.95. The first kappa shape index (κ1) is 16.2. The molecule has 0 aliphatic heterocycles. The molecule has 0 bridgehead atoms. The molecule has 4 heterocycles. The summed E-state index contributed by atoms with van der Waals surface area (Å²) in [6, 6.07) is 3.86. The standard InChI is InChI=1S/C17H16N6S2/c1-4-12-19-17(23-22-12)25-16-13-9(2)10(3)24-15(13)20-14(21-16)11-6-5-7-18-8-11/h5-8H,4H2,1-3H3,(H,19,22,23). The molecule has 0 atom stereocenters. The zero-order chi connectivity index (χ0) is 17.4. The molecule has 1 N–H and O–H groups in total. The number of rotatable bonds is 4. The molecule has 4 aromatic rings. The predicted octanol–water partition coefficient (Wildman–Crippen LogP) is 4.20. The third kappa shape index (κ3) is 3.03. The molecule has 0 radical (unpaired) electrons. The third-order valence-corrected chi connectivity index (χ3v) is 5.90. The Bertz CT molecular complexity index is 1040. The Morgan fingerprint density at radius 1 is 1.20 bits per heavy atom. The number of pyridine rings is 1. The van der Waals surface area contributed by atoms with Crippen molar-refractivity contribution in [1.29, 1.82) is 0 Å². The van der Waals surface area contributed by atoms with Crippen LogP contribution in [-0.2, 0) is 6.42 Å². The lowest BCUT2D eigenvalue weighted by molar-refractivity contribution is 0.940. The van der Waals surface area contributed by atoms with Gasteiger partial charge in [0, 0.05) is 34.6 Å². The quantitative estimate of drug-likeness (QED) is 0.544. The van der Waals surface area contributed by atoms with Gasteiger partial charge in [-0.05, 0) is 43.3 Å². The lowest BCUT2D eigenvalue weighted by atomic mass is 10.2. The smallest absolute Gasteiger partial charge is 0.214 e. The first-order valence-electron chi connectivity index (χ1n) is 7.93. The van der Waals surface area contributed by atoms with E-state index in [1.807, 2.05) is 19.1 Å². The molecule has 0 saturated heterocycles. The van der Waals surface area contributed by atoms with Crippen molar-refractivity contribution in [3.63, 3.8) is 0 Å². The second-order valence-corrected chi connectivity index (χ2v) is 7.74. The normalized spacial score (nSPS) is 11.3. The minimum Gasteiger partial charge on any atom is -0.264 e. The van der Waals surface area contributed by atoms with Gasteiger partial charge in [-0.25, -0.2) is 15.0 Å². The average Bonchev–Trinajstić information content (AvgIpc) is 3.20. The fraction of sp³-hybridized carbons (Fsp3) is 0.235. The van der Waals surface area contributed by atoms with Gasteiger partial charge in [-0.2, -0.15) is 0 Å². The maximum atomic E-state index is 4.80. The maximum absolute atomic E-state index is 4.80. The molecule has 0 fully saturated rings. The van der Waals surface area contributed by atoms with Gasteiger partial charge >= 0.3 is 0 Å². The Morgan fingerprint density at radius 2 is 2.08 bits per heavy atom. The van der Waals surface area contributed by atoms with Crippen molar-refractivity contribution in [2.24, 2.45) is 0 Å². The summed E-state index contributed by atoms with van der Waals surface area (Å²) >= 11 is 3.16. The van der Waals surface area contributed by atoms with Crippen molar-refractivity contribution in [1.82, 2.24) is 30.1 Å². The summed E-state index contributed by atoms with van der Waals surface area (Å²) in [5.74, 6) is 1.55. The molecule has 0 spiro atoms. The molecular formula is C17H16N6S2. The number of hydrogen-bond donors (Lipinski definition) is 1. The Kier molecular flexibility index (Phi) is 4.22. The van der Waals surface area contributed by atoms with Crippen LogP contribution < -0.4 is 0 Å². The van der Waals surface area contributed by atoms with E-state index in [1.54, 1.807) is 23.7 Å². The van der Waals surface area contributed by atoms with E-state index in [9.17, 15) is 0 Å². The summed E-state index contributed by atoms with van der Waals surface area (Å²) in [4.78, 5) is 20.5. The van der Waals surface area contributed by atoms with E-state index >= 15 is 0 Å². The minimum atomic E-state index is 0.676. The molecule has 0 aliphatic carbocycles. The largest absolute Gasteiger partial charge is 0.264 e. The summed E-state index contributed by atoms with van der Waals surface area (Å²) in [7, 11) is 0. The van der Waals surface area contributed by atoms with E-state index in [4.69, 9.17) is 9.97 Å². The molecule has 0 unspecified atom stereocenters. The number of thiophene rings is 1. The molecule has 0 aliphatic rings. The van der Waals surface area contributed by atoms with Crippen molar-refractivity contribution in [2.45, 2.75) is 37.4 Å². The average molecular weight is 368 g/mol. The molecule has 8 heteroatoms. The van der Waals surface area contributed by atoms with Crippen LogP contribution in [0.5, 0.6) is 0 Å². The van der Waals surface area contributed by atoms with E-state index < -0.39 is 0 Å². The van der Waals surface area contributed by atoms with Crippen LogP contribution in [0.4, 0.5) is 0 Å². The lowest BCUT2D eigenvalue weighted by Gasteiger charge is -2.05. The highest BCUT2D eigenvalue weighted by atomic mass is 32.2. The predicted molar refractivity (Wildman–Crippen MR) is 100 cm³/mol. The van der Waals surface area contributed by atoms with Crippen molar-refractivity contribution in [3.8, 4) is 11.4 Å². The fourth-order valence-corrected chi connectivity index (χ4v) is 4.48. The number of nitrogens with zero attached hydrogens (tertiary/aromatic N) is 5. The van der Waals surface area contributed by atoms with Crippen molar-refractivity contribution in [3.05, 3.63) is 40.8 Å². The molecule has 25 heavy (non-hydrogen) atoms. The van der Waals surface area contributed by atoms with Crippen LogP contribution in [0.3, 0.4) is 0 Å². The molecule has 0 saturated carbocycles. The van der Waals surface area contributed by atoms with Crippen LogP contribution in [0, 0.1) is 13.8 Å². The van der Waals surface area contributed by atoms with Crippen LogP contribution in [0.1, 0.15) is 23.2 Å². The summed E-state index contributed by atoms with van der Waals surface area (Å²) in [6.45, 7) is 6.27. The molecule has 4 aromatic heterocycles. The molecular weight excluding hydrogens is 352 g/mol. The van der Waals surface area contributed by atoms with Crippen LogP contribution in [0.2, 0.25) is 0 Å². The van der Waals surface area contributed by atoms with E-state index in [-0.39, 0.29) is 0 Å². The van der Waals surface area contributed by atoms with Crippen LogP contribution in [0.15, 0.2) is 34.7 Å². The maximum Gasteiger partial charge on any atom is 0.214 e. The topological polar surface area (TPSA) is 80.2 Å². The van der Waals surface area contributed by atoms with E-state index in [0.29, 0.717) is 11.0 Å². The Morgan fingerprint density at radius 3 is 2.80 bits per heavy atom. The zero-order valence-electron chi connectivity index (χ0n) is 14.1. The van der Waals surface area contributed by atoms with Gasteiger partial charge in [0.25, 0.3) is 0 Å². The number of aromatic amines is 1. The first-order chi connectivity index (χ1) is 12.2. The molecule has 0 amide bonds. The van der Waals surface area contributed by atoms with Crippen LogP contribution in [-0.4, -0.2) is 30.1 Å². The van der Waals surface area contributed by atoms with Gasteiger partial charge in [-0.1, -0.05) is 6.92 Å². The Balaban J connectivity index is 1.87. The number of hydrogen-bond acceptors (Lipinski definition) is 7. The molecule has 6 nitrogen and oxygen atoms in total. The fourth-order valence-electron chi connectivity index (χ4n) is 2.48. The van der Waals surface area contributed by atoms with Crippen molar-refractivity contribution >= 4 is 33.3 Å². The Labute approximate surface area is 153 Å². The highest BCUT2D eigenvalue weighted by Crippen LogP contribution is 2.38. The van der Waals surface area contributed by atoms with Gasteiger partial charge in [-0.15, -0.1) is 16.4 Å². The summed E-state index contributed by atoms with van der Waals surface area (Å²) in [6.07, 6.45) is 4.35. The monoisotopic (exact) mass is 368 g/mol. The van der Waals surface area contributed by atoms with Crippen molar-refractivity contribution < 1.29 is 0 Å². The second kappa shape index (κ2) is 6.53. The number of H-pyrrole nitrogens is 1. The summed E-state index contributed by atoms with van der Waals surface area (Å²) < 4.78 is 0. The van der Waals surface area contributed by atoms with Crippen LogP contribution in [0.25, 0.3) is 21.6 Å². The van der Waals surface area contributed by atoms with Crippen molar-refractivity contribution in [2.75, 3.05) is 0 Å². The summed E-state index contributed by atoms with van der Waals surface area (Å²) in [5, 5.41) is 9.89. The van der Waals surface area contributed by atoms with Gasteiger partial charge in [0.1, 0.15) is 15.7 Å². The van der Waals surface area contributed by atoms with E-state index in [0.717, 1.165) is 33.1 Å². The first-order valence-corrected chi connectivity index (χ1v) is 9.56. The van der Waals surface area contributed by atoms with E-state index in [2.05, 4.69) is 34.0 Å². The summed E-state index contributed by atoms with van der Waals surface area (Å²) in [5.41, 5.74) is 2.12. The van der Waals surface area contributed by atoms with Gasteiger partial charge in [0.2, 0.25) is 5.16 Å².